The summed E-state index contributed by atoms with van der Waals surface area (Å²) in [5.74, 6) is 0.506. The number of rotatable bonds is 8. The minimum absolute atomic E-state index is 0.0311. The molecule has 0 saturated heterocycles. The van der Waals surface area contributed by atoms with Gasteiger partial charge >= 0.3 is 6.18 Å². The summed E-state index contributed by atoms with van der Waals surface area (Å²) in [5, 5.41) is 20.9. The Morgan fingerprint density at radius 1 is 1.19 bits per heavy atom. The van der Waals surface area contributed by atoms with Gasteiger partial charge in [-0.05, 0) is 18.8 Å². The van der Waals surface area contributed by atoms with Crippen molar-refractivity contribution in [2.45, 2.75) is 63.5 Å². The number of halogens is 3. The van der Waals surface area contributed by atoms with Crippen molar-refractivity contribution in [1.29, 1.82) is 0 Å². The summed E-state index contributed by atoms with van der Waals surface area (Å²) in [6.45, 7) is 1.57. The largest absolute Gasteiger partial charge is 0.415 e. The fraction of sp³-hybridized carbons (Fsp3) is 1.00. The molecule has 1 aliphatic carbocycles. The van der Waals surface area contributed by atoms with Gasteiger partial charge in [-0.1, -0.05) is 26.2 Å². The van der Waals surface area contributed by atoms with E-state index < -0.39 is 24.9 Å². The monoisotopic (exact) mass is 313 g/mol. The van der Waals surface area contributed by atoms with Crippen molar-refractivity contribution < 1.29 is 28.1 Å². The Balaban J connectivity index is 2.17. The SMILES string of the molecule is CCC1CCCCC1OCC(O)CNCC(O)C(F)(F)F. The molecule has 7 heteroatoms. The molecule has 0 amide bonds. The Morgan fingerprint density at radius 3 is 2.48 bits per heavy atom. The fourth-order valence-electron chi connectivity index (χ4n) is 2.66. The third-order valence-electron chi connectivity index (χ3n) is 3.96. The third kappa shape index (κ3) is 6.95. The van der Waals surface area contributed by atoms with Gasteiger partial charge in [0.05, 0.1) is 18.8 Å². The molecule has 0 spiro atoms. The van der Waals surface area contributed by atoms with Crippen LogP contribution in [0.15, 0.2) is 0 Å². The summed E-state index contributed by atoms with van der Waals surface area (Å²) in [6, 6.07) is 0. The summed E-state index contributed by atoms with van der Waals surface area (Å²) in [4.78, 5) is 0. The Bertz CT molecular complexity index is 289. The van der Waals surface area contributed by atoms with E-state index in [0.717, 1.165) is 25.7 Å². The highest BCUT2D eigenvalue weighted by Crippen LogP contribution is 2.29. The summed E-state index contributed by atoms with van der Waals surface area (Å²) < 4.78 is 41.9. The number of ether oxygens (including phenoxy) is 1. The van der Waals surface area contributed by atoms with E-state index in [0.29, 0.717) is 5.92 Å². The topological polar surface area (TPSA) is 61.7 Å². The molecule has 0 aromatic rings. The van der Waals surface area contributed by atoms with E-state index in [4.69, 9.17) is 9.84 Å². The molecule has 3 N–H and O–H groups in total. The van der Waals surface area contributed by atoms with Crippen molar-refractivity contribution in [2.75, 3.05) is 19.7 Å². The first-order valence-electron chi connectivity index (χ1n) is 7.59. The molecule has 1 fully saturated rings. The molecule has 1 saturated carbocycles. The van der Waals surface area contributed by atoms with Gasteiger partial charge in [-0.15, -0.1) is 0 Å². The number of nitrogens with one attached hydrogen (secondary N) is 1. The smallest absolute Gasteiger partial charge is 0.389 e. The predicted octanol–water partition coefficient (Wildman–Crippen LogP) is 1.85. The van der Waals surface area contributed by atoms with Gasteiger partial charge in [0.15, 0.2) is 6.10 Å². The molecule has 21 heavy (non-hydrogen) atoms. The average molecular weight is 313 g/mol. The molecule has 0 bridgehead atoms. The first-order chi connectivity index (χ1) is 9.84. The van der Waals surface area contributed by atoms with Crippen molar-refractivity contribution >= 4 is 0 Å². The van der Waals surface area contributed by atoms with Crippen LogP contribution in [0, 0.1) is 5.92 Å². The molecule has 126 valence electrons. The lowest BCUT2D eigenvalue weighted by Crippen LogP contribution is -2.42. The summed E-state index contributed by atoms with van der Waals surface area (Å²) >= 11 is 0. The second kappa shape index (κ2) is 8.92. The predicted molar refractivity (Wildman–Crippen MR) is 72.9 cm³/mol. The highest BCUT2D eigenvalue weighted by Gasteiger charge is 2.37. The maximum absolute atomic E-state index is 12.1. The molecular formula is C14H26F3NO3. The van der Waals surface area contributed by atoms with Crippen molar-refractivity contribution in [3.63, 3.8) is 0 Å². The van der Waals surface area contributed by atoms with Gasteiger partial charge in [0.2, 0.25) is 0 Å². The van der Waals surface area contributed by atoms with E-state index in [-0.39, 0.29) is 19.3 Å². The standard InChI is InChI=1S/C14H26F3NO3/c1-2-10-5-3-4-6-12(10)21-9-11(19)7-18-8-13(20)14(15,16)17/h10-13,18-20H,2-9H2,1H3. The van der Waals surface area contributed by atoms with E-state index in [1.807, 2.05) is 0 Å². The number of hydrogen-bond acceptors (Lipinski definition) is 4. The lowest BCUT2D eigenvalue weighted by Gasteiger charge is -2.31. The highest BCUT2D eigenvalue weighted by atomic mass is 19.4. The second-order valence-electron chi connectivity index (χ2n) is 5.69. The van der Waals surface area contributed by atoms with E-state index >= 15 is 0 Å². The summed E-state index contributed by atoms with van der Waals surface area (Å²) in [7, 11) is 0. The number of hydrogen-bond donors (Lipinski definition) is 3. The molecular weight excluding hydrogens is 287 g/mol. The number of aliphatic hydroxyl groups is 2. The van der Waals surface area contributed by atoms with Crippen LogP contribution in [0.1, 0.15) is 39.0 Å². The van der Waals surface area contributed by atoms with Crippen LogP contribution < -0.4 is 5.32 Å². The fourth-order valence-corrected chi connectivity index (χ4v) is 2.66. The van der Waals surface area contributed by atoms with E-state index in [2.05, 4.69) is 12.2 Å². The minimum Gasteiger partial charge on any atom is -0.389 e. The Kier molecular flexibility index (Phi) is 7.94. The van der Waals surface area contributed by atoms with Gasteiger partial charge in [-0.25, -0.2) is 0 Å². The van der Waals surface area contributed by atoms with Gasteiger partial charge in [0.1, 0.15) is 0 Å². The van der Waals surface area contributed by atoms with Gasteiger partial charge in [0.25, 0.3) is 0 Å². The number of alkyl halides is 3. The molecule has 0 aromatic heterocycles. The molecule has 1 aliphatic rings. The zero-order chi connectivity index (χ0) is 15.9. The lowest BCUT2D eigenvalue weighted by molar-refractivity contribution is -0.202. The van der Waals surface area contributed by atoms with Crippen LogP contribution in [0.25, 0.3) is 0 Å². The van der Waals surface area contributed by atoms with E-state index in [1.165, 1.54) is 6.42 Å². The van der Waals surface area contributed by atoms with Crippen molar-refractivity contribution in [3.05, 3.63) is 0 Å². The molecule has 0 aromatic carbocycles. The van der Waals surface area contributed by atoms with E-state index in [9.17, 15) is 18.3 Å². The minimum atomic E-state index is -4.63. The highest BCUT2D eigenvalue weighted by molar-refractivity contribution is 4.76. The molecule has 0 aliphatic heterocycles. The van der Waals surface area contributed by atoms with Crippen LogP contribution in [0.2, 0.25) is 0 Å². The second-order valence-corrected chi connectivity index (χ2v) is 5.69. The van der Waals surface area contributed by atoms with Gasteiger partial charge < -0.3 is 20.3 Å². The third-order valence-corrected chi connectivity index (χ3v) is 3.96. The summed E-state index contributed by atoms with van der Waals surface area (Å²) in [6.07, 6.45) is -2.30. The maximum Gasteiger partial charge on any atom is 0.415 e. The van der Waals surface area contributed by atoms with Crippen LogP contribution >= 0.6 is 0 Å². The van der Waals surface area contributed by atoms with Crippen LogP contribution in [0.5, 0.6) is 0 Å². The molecule has 0 radical (unpaired) electrons. The van der Waals surface area contributed by atoms with E-state index in [1.54, 1.807) is 0 Å². The molecule has 4 unspecified atom stereocenters. The quantitative estimate of drug-likeness (QED) is 0.640. The average Bonchev–Trinajstić information content (AvgIpc) is 2.44. The first-order valence-corrected chi connectivity index (χ1v) is 7.59. The normalized spacial score (nSPS) is 26.6. The van der Waals surface area contributed by atoms with Crippen molar-refractivity contribution in [1.82, 2.24) is 5.32 Å². The molecule has 4 atom stereocenters. The zero-order valence-electron chi connectivity index (χ0n) is 12.4. The molecule has 1 rings (SSSR count). The maximum atomic E-state index is 12.1. The number of aliphatic hydroxyl groups excluding tert-OH is 2. The van der Waals surface area contributed by atoms with Crippen molar-refractivity contribution in [2.24, 2.45) is 5.92 Å². The van der Waals surface area contributed by atoms with Crippen LogP contribution in [-0.4, -0.2) is 54.4 Å². The van der Waals surface area contributed by atoms with Crippen LogP contribution in [0.3, 0.4) is 0 Å². The Hall–Kier alpha value is -0.370. The van der Waals surface area contributed by atoms with Crippen LogP contribution in [0.4, 0.5) is 13.2 Å². The Labute approximate surface area is 123 Å². The molecule has 4 nitrogen and oxygen atoms in total. The first kappa shape index (κ1) is 18.7. The Morgan fingerprint density at radius 2 is 1.86 bits per heavy atom. The van der Waals surface area contributed by atoms with Gasteiger partial charge in [-0.3, -0.25) is 0 Å². The molecule has 0 heterocycles. The summed E-state index contributed by atoms with van der Waals surface area (Å²) in [5.41, 5.74) is 0. The van der Waals surface area contributed by atoms with Crippen molar-refractivity contribution in [3.8, 4) is 0 Å². The lowest BCUT2D eigenvalue weighted by atomic mass is 9.85. The van der Waals surface area contributed by atoms with Gasteiger partial charge in [-0.2, -0.15) is 13.2 Å². The van der Waals surface area contributed by atoms with Crippen LogP contribution in [-0.2, 0) is 4.74 Å². The van der Waals surface area contributed by atoms with Gasteiger partial charge in [0, 0.05) is 13.1 Å². The zero-order valence-corrected chi connectivity index (χ0v) is 12.4.